The Morgan fingerprint density at radius 1 is 0.762 bits per heavy atom. The van der Waals surface area contributed by atoms with E-state index < -0.39 is 47.9 Å². The minimum atomic E-state index is -1.23. The van der Waals surface area contributed by atoms with Crippen LogP contribution in [0.15, 0.2) is 65.7 Å². The normalized spacial score (nSPS) is 13.7. The Labute approximate surface area is 246 Å². The molecule has 0 saturated carbocycles. The molecule has 4 atom stereocenters. The van der Waals surface area contributed by atoms with Crippen LogP contribution in [0.5, 0.6) is 0 Å². The number of carboxylic acids is 1. The fraction of sp³-hybridized carbons (Fsp3) is 0.433. The lowest BCUT2D eigenvalue weighted by Gasteiger charge is -2.25. The van der Waals surface area contributed by atoms with Crippen molar-refractivity contribution < 1.29 is 24.3 Å². The number of nitrogens with two attached hydrogens (primary N) is 3. The third kappa shape index (κ3) is 12.4. The van der Waals surface area contributed by atoms with Crippen LogP contribution < -0.4 is 33.2 Å². The second-order valence-corrected chi connectivity index (χ2v) is 10.6. The predicted molar refractivity (Wildman–Crippen MR) is 161 cm³/mol. The first-order chi connectivity index (χ1) is 20.0. The zero-order valence-corrected chi connectivity index (χ0v) is 24.2. The van der Waals surface area contributed by atoms with Gasteiger partial charge in [-0.05, 0) is 36.3 Å². The Morgan fingerprint density at radius 2 is 1.24 bits per heavy atom. The Bertz CT molecular complexity index is 1190. The average molecular weight is 582 g/mol. The lowest BCUT2D eigenvalue weighted by atomic mass is 10.0. The van der Waals surface area contributed by atoms with Crippen molar-refractivity contribution in [2.45, 2.75) is 70.1 Å². The third-order valence-electron chi connectivity index (χ3n) is 6.45. The molecule has 42 heavy (non-hydrogen) atoms. The number of benzene rings is 2. The first-order valence-electron chi connectivity index (χ1n) is 14.0. The molecular weight excluding hydrogens is 538 g/mol. The molecule has 0 spiro atoms. The van der Waals surface area contributed by atoms with Gasteiger partial charge in [0.15, 0.2) is 5.96 Å². The van der Waals surface area contributed by atoms with E-state index in [0.29, 0.717) is 12.8 Å². The smallest absolute Gasteiger partial charge is 0.326 e. The van der Waals surface area contributed by atoms with Gasteiger partial charge in [0.1, 0.15) is 18.1 Å². The summed E-state index contributed by atoms with van der Waals surface area (Å²) >= 11 is 0. The van der Waals surface area contributed by atoms with E-state index in [0.717, 1.165) is 11.1 Å². The molecule has 0 aliphatic heterocycles. The second kappa shape index (κ2) is 17.4. The summed E-state index contributed by atoms with van der Waals surface area (Å²) < 4.78 is 0. The summed E-state index contributed by atoms with van der Waals surface area (Å²) in [7, 11) is 0. The van der Waals surface area contributed by atoms with E-state index in [2.05, 4.69) is 20.9 Å². The number of aliphatic carboxylic acids is 1. The van der Waals surface area contributed by atoms with Crippen LogP contribution in [-0.4, -0.2) is 65.5 Å². The van der Waals surface area contributed by atoms with E-state index in [4.69, 9.17) is 17.2 Å². The summed E-state index contributed by atoms with van der Waals surface area (Å²) in [6, 6.07) is 13.8. The molecule has 0 aromatic heterocycles. The number of amides is 3. The molecule has 12 nitrogen and oxygen atoms in total. The maximum Gasteiger partial charge on any atom is 0.326 e. The molecule has 228 valence electrons. The maximum absolute atomic E-state index is 13.6. The zero-order chi connectivity index (χ0) is 31.1. The molecular formula is C30H43N7O5. The summed E-state index contributed by atoms with van der Waals surface area (Å²) in [5, 5.41) is 17.8. The molecule has 10 N–H and O–H groups in total. The fourth-order valence-corrected chi connectivity index (χ4v) is 4.32. The van der Waals surface area contributed by atoms with Gasteiger partial charge in [-0.15, -0.1) is 0 Å². The van der Waals surface area contributed by atoms with E-state index in [9.17, 15) is 24.3 Å². The van der Waals surface area contributed by atoms with Crippen molar-refractivity contribution in [1.82, 2.24) is 16.0 Å². The van der Waals surface area contributed by atoms with Gasteiger partial charge in [-0.1, -0.05) is 74.5 Å². The largest absolute Gasteiger partial charge is 0.480 e. The first-order valence-corrected chi connectivity index (χ1v) is 14.0. The Balaban J connectivity index is 2.25. The van der Waals surface area contributed by atoms with Crippen molar-refractivity contribution in [2.24, 2.45) is 28.1 Å². The number of nitrogens with zero attached hydrogens (tertiary/aromatic N) is 1. The molecule has 0 heterocycles. The van der Waals surface area contributed by atoms with Gasteiger partial charge in [0.05, 0.1) is 6.04 Å². The predicted octanol–water partition coefficient (Wildman–Crippen LogP) is 0.438. The zero-order valence-electron chi connectivity index (χ0n) is 24.2. The van der Waals surface area contributed by atoms with E-state index in [-0.39, 0.29) is 37.7 Å². The molecule has 0 bridgehead atoms. The monoisotopic (exact) mass is 581 g/mol. The molecule has 0 fully saturated rings. The number of carbonyl (C=O) groups is 4. The van der Waals surface area contributed by atoms with Crippen molar-refractivity contribution in [3.63, 3.8) is 0 Å². The number of aliphatic imine (C=N–C) groups is 1. The standard InChI is InChI=1S/C30H43N7O5/c1-19(2)16-22(31)26(38)36-24(17-20-10-5-3-6-11-20)28(40)35-23(14-9-15-34-30(32)33)27(39)37-25(29(41)42)18-21-12-7-4-8-13-21/h3-8,10-13,19,22-25H,9,14-18,31H2,1-2H3,(H,35,40)(H,36,38)(H,37,39)(H,41,42)(H4,32,33,34). The van der Waals surface area contributed by atoms with Gasteiger partial charge in [-0.2, -0.15) is 0 Å². The average Bonchev–Trinajstić information content (AvgIpc) is 2.94. The number of nitrogens with one attached hydrogen (secondary N) is 3. The van der Waals surface area contributed by atoms with Gasteiger partial charge in [-0.3, -0.25) is 19.4 Å². The molecule has 0 saturated heterocycles. The second-order valence-electron chi connectivity index (χ2n) is 10.6. The van der Waals surface area contributed by atoms with Gasteiger partial charge in [0, 0.05) is 19.4 Å². The molecule has 2 aromatic rings. The summed E-state index contributed by atoms with van der Waals surface area (Å²) in [5.74, 6) is -2.94. The highest BCUT2D eigenvalue weighted by atomic mass is 16.4. The van der Waals surface area contributed by atoms with Crippen LogP contribution in [0, 0.1) is 5.92 Å². The van der Waals surface area contributed by atoms with Crippen molar-refractivity contribution in [3.05, 3.63) is 71.8 Å². The molecule has 0 aliphatic carbocycles. The molecule has 4 unspecified atom stereocenters. The van der Waals surface area contributed by atoms with Crippen LogP contribution in [0.4, 0.5) is 0 Å². The quantitative estimate of drug-likeness (QED) is 0.0788. The Hall–Kier alpha value is -4.45. The molecule has 0 radical (unpaired) electrons. The van der Waals surface area contributed by atoms with Gasteiger partial charge >= 0.3 is 5.97 Å². The summed E-state index contributed by atoms with van der Waals surface area (Å²) in [4.78, 5) is 55.7. The summed E-state index contributed by atoms with van der Waals surface area (Å²) in [5.41, 5.74) is 18.4. The molecule has 2 rings (SSSR count). The molecule has 0 aliphatic rings. The van der Waals surface area contributed by atoms with Crippen LogP contribution in [0.1, 0.15) is 44.2 Å². The van der Waals surface area contributed by atoms with Gasteiger partial charge < -0.3 is 38.3 Å². The number of carboxylic acid groups (broad SMARTS) is 1. The van der Waals surface area contributed by atoms with E-state index >= 15 is 0 Å². The molecule has 3 amide bonds. The number of guanidine groups is 1. The Kier molecular flexibility index (Phi) is 14.0. The third-order valence-corrected chi connectivity index (χ3v) is 6.45. The van der Waals surface area contributed by atoms with Crippen molar-refractivity contribution in [2.75, 3.05) is 6.54 Å². The van der Waals surface area contributed by atoms with Crippen molar-refractivity contribution in [1.29, 1.82) is 0 Å². The SMILES string of the molecule is CC(C)CC(N)C(=O)NC(Cc1ccccc1)C(=O)NC(CCCN=C(N)N)C(=O)NC(Cc1ccccc1)C(=O)O. The van der Waals surface area contributed by atoms with Gasteiger partial charge in [-0.25, -0.2) is 4.79 Å². The number of hydrogen-bond donors (Lipinski definition) is 7. The minimum absolute atomic E-state index is 0.0526. The number of carbonyl (C=O) groups excluding carboxylic acids is 3. The number of rotatable bonds is 17. The van der Waals surface area contributed by atoms with E-state index in [1.165, 1.54) is 0 Å². The highest BCUT2D eigenvalue weighted by Gasteiger charge is 2.30. The van der Waals surface area contributed by atoms with E-state index in [1.54, 1.807) is 30.3 Å². The van der Waals surface area contributed by atoms with Crippen LogP contribution in [-0.2, 0) is 32.0 Å². The van der Waals surface area contributed by atoms with Crippen molar-refractivity contribution in [3.8, 4) is 0 Å². The van der Waals surface area contributed by atoms with Crippen molar-refractivity contribution >= 4 is 29.7 Å². The maximum atomic E-state index is 13.6. The first kappa shape index (κ1) is 33.8. The lowest BCUT2D eigenvalue weighted by Crippen LogP contribution is -2.57. The molecule has 12 heteroatoms. The van der Waals surface area contributed by atoms with Crippen LogP contribution in [0.3, 0.4) is 0 Å². The highest BCUT2D eigenvalue weighted by Crippen LogP contribution is 2.09. The number of hydrogen-bond acceptors (Lipinski definition) is 6. The molecule has 2 aromatic carbocycles. The van der Waals surface area contributed by atoms with Crippen LogP contribution in [0.2, 0.25) is 0 Å². The Morgan fingerprint density at radius 3 is 1.74 bits per heavy atom. The minimum Gasteiger partial charge on any atom is -0.480 e. The van der Waals surface area contributed by atoms with Crippen LogP contribution in [0.25, 0.3) is 0 Å². The summed E-state index contributed by atoms with van der Waals surface area (Å²) in [6.45, 7) is 4.08. The topological polar surface area (TPSA) is 215 Å². The lowest BCUT2D eigenvalue weighted by molar-refractivity contribution is -0.142. The van der Waals surface area contributed by atoms with Crippen LogP contribution >= 0.6 is 0 Å². The highest BCUT2D eigenvalue weighted by molar-refractivity contribution is 5.94. The van der Waals surface area contributed by atoms with E-state index in [1.807, 2.05) is 44.2 Å². The van der Waals surface area contributed by atoms with Gasteiger partial charge in [0.25, 0.3) is 0 Å². The van der Waals surface area contributed by atoms with Gasteiger partial charge in [0.2, 0.25) is 17.7 Å². The summed E-state index contributed by atoms with van der Waals surface area (Å²) in [6.07, 6.45) is 1.07. The fourth-order valence-electron chi connectivity index (χ4n) is 4.32.